The smallest absolute Gasteiger partial charge is 0.262 e. The standard InChI is InChI=1S/C28H34B2N4O5/c1-3-7-27(8-4-2)9-11-32(12-10-27)26(39)28(29,30)33-15-17-13-19-20(14-18(17)16-33)25(38)34(24(19)37)21-5-6-22(35)31-23(21)36/h13-14,21H,3-12,15-16H2,1-2H3,(H,31,35,36). The van der Waals surface area contributed by atoms with Crippen LogP contribution < -0.4 is 5.32 Å². The number of fused-ring (bicyclic) bond motifs is 2. The van der Waals surface area contributed by atoms with Crippen molar-refractivity contribution in [1.82, 2.24) is 20.0 Å². The third kappa shape index (κ3) is 4.72. The Labute approximate surface area is 231 Å². The molecule has 1 atom stereocenters. The van der Waals surface area contributed by atoms with Gasteiger partial charge in [-0.25, -0.2) is 0 Å². The first-order valence-corrected chi connectivity index (χ1v) is 14.0. The zero-order valence-corrected chi connectivity index (χ0v) is 22.8. The molecule has 2 saturated heterocycles. The van der Waals surface area contributed by atoms with Crippen molar-refractivity contribution in [2.45, 2.75) is 89.7 Å². The summed E-state index contributed by atoms with van der Waals surface area (Å²) < 4.78 is 0. The number of imide groups is 2. The van der Waals surface area contributed by atoms with E-state index in [9.17, 15) is 24.0 Å². The Bertz CT molecular complexity index is 1190. The Kier molecular flexibility index (Phi) is 7.24. The minimum Gasteiger partial charge on any atom is -0.342 e. The van der Waals surface area contributed by atoms with Crippen molar-refractivity contribution in [3.05, 3.63) is 34.4 Å². The highest BCUT2D eigenvalue weighted by Crippen LogP contribution is 2.41. The molecule has 1 N–H and O–H groups in total. The van der Waals surface area contributed by atoms with E-state index in [1.54, 1.807) is 21.9 Å². The molecule has 202 valence electrons. The molecule has 4 radical (unpaired) electrons. The second-order valence-corrected chi connectivity index (χ2v) is 11.6. The van der Waals surface area contributed by atoms with Crippen LogP contribution in [0.3, 0.4) is 0 Å². The average Bonchev–Trinajstić information content (AvgIpc) is 3.43. The van der Waals surface area contributed by atoms with E-state index in [0.717, 1.165) is 54.6 Å². The molecule has 1 aromatic carbocycles. The van der Waals surface area contributed by atoms with Gasteiger partial charge in [0.2, 0.25) is 17.7 Å². The molecule has 4 heterocycles. The fraction of sp³-hybridized carbons (Fsp3) is 0.607. The number of piperidine rings is 2. The number of likely N-dealkylation sites (tertiary alicyclic amines) is 1. The predicted molar refractivity (Wildman–Crippen MR) is 145 cm³/mol. The second kappa shape index (κ2) is 10.2. The van der Waals surface area contributed by atoms with Gasteiger partial charge in [0.05, 0.1) is 26.8 Å². The lowest BCUT2D eigenvalue weighted by Crippen LogP contribution is -2.61. The molecule has 0 spiro atoms. The van der Waals surface area contributed by atoms with Gasteiger partial charge in [0, 0.05) is 37.9 Å². The first-order valence-electron chi connectivity index (χ1n) is 14.0. The van der Waals surface area contributed by atoms with E-state index in [2.05, 4.69) is 19.2 Å². The van der Waals surface area contributed by atoms with Crippen LogP contribution in [0.5, 0.6) is 0 Å². The molecule has 0 aromatic heterocycles. The van der Waals surface area contributed by atoms with Gasteiger partial charge in [0.1, 0.15) is 6.04 Å². The largest absolute Gasteiger partial charge is 0.342 e. The molecule has 0 saturated carbocycles. The van der Waals surface area contributed by atoms with Gasteiger partial charge in [-0.2, -0.15) is 0 Å². The summed E-state index contributed by atoms with van der Waals surface area (Å²) in [6.45, 7) is 6.17. The van der Waals surface area contributed by atoms with Gasteiger partial charge in [0.15, 0.2) is 0 Å². The number of rotatable bonds is 7. The predicted octanol–water partition coefficient (Wildman–Crippen LogP) is 1.60. The zero-order valence-electron chi connectivity index (χ0n) is 22.8. The van der Waals surface area contributed by atoms with Crippen LogP contribution in [0.25, 0.3) is 0 Å². The molecular formula is C28H34B2N4O5. The van der Waals surface area contributed by atoms with E-state index in [1.807, 2.05) is 0 Å². The minimum atomic E-state index is -1.73. The van der Waals surface area contributed by atoms with Crippen LogP contribution in [0.15, 0.2) is 12.1 Å². The van der Waals surface area contributed by atoms with Crippen molar-refractivity contribution >= 4 is 45.2 Å². The van der Waals surface area contributed by atoms with Crippen LogP contribution in [-0.2, 0) is 27.5 Å². The SMILES string of the molecule is [B]C([B])(C(=O)N1CCC(CCC)(CCC)CC1)N1Cc2cc3c(cc2C1)C(=O)N(C1CCC(=O)NC1=O)C3=O. The third-order valence-electron chi connectivity index (χ3n) is 9.02. The summed E-state index contributed by atoms with van der Waals surface area (Å²) in [5.41, 5.74) is 2.21. The first-order chi connectivity index (χ1) is 18.5. The van der Waals surface area contributed by atoms with E-state index in [4.69, 9.17) is 15.7 Å². The van der Waals surface area contributed by atoms with Crippen LogP contribution in [0.1, 0.15) is 97.1 Å². The number of benzene rings is 1. The van der Waals surface area contributed by atoms with Crippen molar-refractivity contribution in [2.75, 3.05) is 13.1 Å². The number of hydrogen-bond donors (Lipinski definition) is 1. The summed E-state index contributed by atoms with van der Waals surface area (Å²) in [5.74, 6) is -2.51. The summed E-state index contributed by atoms with van der Waals surface area (Å²) in [6, 6.07) is 2.27. The summed E-state index contributed by atoms with van der Waals surface area (Å²) in [7, 11) is 13.0. The van der Waals surface area contributed by atoms with E-state index < -0.39 is 35.0 Å². The fourth-order valence-corrected chi connectivity index (χ4v) is 6.89. The molecule has 1 unspecified atom stereocenters. The third-order valence-corrected chi connectivity index (χ3v) is 9.02. The molecule has 0 aliphatic carbocycles. The van der Waals surface area contributed by atoms with E-state index in [1.165, 1.54) is 0 Å². The molecule has 5 amide bonds. The van der Waals surface area contributed by atoms with Crippen molar-refractivity contribution in [1.29, 1.82) is 0 Å². The van der Waals surface area contributed by atoms with Crippen LogP contribution in [0.4, 0.5) is 0 Å². The molecule has 4 aliphatic rings. The highest BCUT2D eigenvalue weighted by atomic mass is 16.2. The van der Waals surface area contributed by atoms with Gasteiger partial charge < -0.3 is 4.90 Å². The molecule has 9 nitrogen and oxygen atoms in total. The molecule has 0 bridgehead atoms. The Morgan fingerprint density at radius 3 is 2.00 bits per heavy atom. The number of carbonyl (C=O) groups is 5. The van der Waals surface area contributed by atoms with Gasteiger partial charge in [-0.15, -0.1) is 0 Å². The van der Waals surface area contributed by atoms with E-state index >= 15 is 0 Å². The Balaban J connectivity index is 1.29. The molecule has 11 heteroatoms. The summed E-state index contributed by atoms with van der Waals surface area (Å²) in [5, 5.41) is 0.471. The van der Waals surface area contributed by atoms with E-state index in [0.29, 0.717) is 13.1 Å². The quantitative estimate of drug-likeness (QED) is 0.426. The molecule has 39 heavy (non-hydrogen) atoms. The number of carbonyl (C=O) groups excluding carboxylic acids is 5. The zero-order chi connectivity index (χ0) is 28.1. The minimum absolute atomic E-state index is 0.0631. The van der Waals surface area contributed by atoms with Crippen molar-refractivity contribution < 1.29 is 24.0 Å². The number of amides is 5. The highest BCUT2D eigenvalue weighted by molar-refractivity contribution is 6.51. The second-order valence-electron chi connectivity index (χ2n) is 11.6. The highest BCUT2D eigenvalue weighted by Gasteiger charge is 2.47. The van der Waals surface area contributed by atoms with Gasteiger partial charge in [0.25, 0.3) is 11.8 Å². The lowest BCUT2D eigenvalue weighted by molar-refractivity contribution is -0.139. The van der Waals surface area contributed by atoms with Crippen molar-refractivity contribution in [3.63, 3.8) is 0 Å². The van der Waals surface area contributed by atoms with Gasteiger partial charge in [-0.3, -0.25) is 39.1 Å². The van der Waals surface area contributed by atoms with Gasteiger partial charge in [-0.1, -0.05) is 26.7 Å². The Morgan fingerprint density at radius 1 is 0.974 bits per heavy atom. The summed E-state index contributed by atoms with van der Waals surface area (Å²) in [4.78, 5) is 68.2. The molecule has 5 rings (SSSR count). The van der Waals surface area contributed by atoms with Crippen LogP contribution in [-0.4, -0.2) is 84.4 Å². The van der Waals surface area contributed by atoms with Crippen molar-refractivity contribution in [2.24, 2.45) is 5.41 Å². The fourth-order valence-electron chi connectivity index (χ4n) is 6.89. The van der Waals surface area contributed by atoms with E-state index in [-0.39, 0.29) is 48.4 Å². The van der Waals surface area contributed by atoms with Crippen LogP contribution >= 0.6 is 0 Å². The Hall–Kier alpha value is -2.94. The topological polar surface area (TPSA) is 107 Å². The maximum Gasteiger partial charge on any atom is 0.262 e. The first kappa shape index (κ1) is 27.6. The average molecular weight is 528 g/mol. The monoisotopic (exact) mass is 528 g/mol. The van der Waals surface area contributed by atoms with Crippen molar-refractivity contribution in [3.8, 4) is 0 Å². The van der Waals surface area contributed by atoms with Crippen LogP contribution in [0.2, 0.25) is 0 Å². The maximum atomic E-state index is 13.5. The van der Waals surface area contributed by atoms with Gasteiger partial charge in [-0.05, 0) is 60.8 Å². The lowest BCUT2D eigenvalue weighted by atomic mass is 9.59. The number of nitrogens with one attached hydrogen (secondary N) is 1. The maximum absolute atomic E-state index is 13.5. The molecule has 4 aliphatic heterocycles. The van der Waals surface area contributed by atoms with Gasteiger partial charge >= 0.3 is 0 Å². The normalized spacial score (nSPS) is 23.2. The molecule has 2 fully saturated rings. The number of nitrogens with zero attached hydrogens (tertiary/aromatic N) is 3. The molecule has 1 aromatic rings. The Morgan fingerprint density at radius 2 is 1.51 bits per heavy atom. The number of hydrogen-bond acceptors (Lipinski definition) is 6. The summed E-state index contributed by atoms with van der Waals surface area (Å²) in [6.07, 6.45) is 6.61. The lowest BCUT2D eigenvalue weighted by Gasteiger charge is -2.46. The summed E-state index contributed by atoms with van der Waals surface area (Å²) >= 11 is 0. The molecular weight excluding hydrogens is 494 g/mol. The van der Waals surface area contributed by atoms with Crippen LogP contribution in [0, 0.1) is 5.41 Å².